The Morgan fingerprint density at radius 3 is 2.38 bits per heavy atom. The van der Waals surface area contributed by atoms with Crippen LogP contribution in [0.2, 0.25) is 0 Å². The van der Waals surface area contributed by atoms with Crippen LogP contribution in [0.4, 0.5) is 18.9 Å². The monoisotopic (exact) mass is 574 g/mol. The van der Waals surface area contributed by atoms with Crippen molar-refractivity contribution < 1.29 is 31.1 Å². The summed E-state index contributed by atoms with van der Waals surface area (Å²) in [6.45, 7) is 4.53. The summed E-state index contributed by atoms with van der Waals surface area (Å²) in [6.07, 6.45) is -2.32. The van der Waals surface area contributed by atoms with Crippen molar-refractivity contribution >= 4 is 21.6 Å². The van der Waals surface area contributed by atoms with Gasteiger partial charge < -0.3 is 9.64 Å². The number of nitrogens with one attached hydrogen (secondary N) is 1. The molecule has 1 unspecified atom stereocenters. The molecule has 1 heterocycles. The molecule has 0 bridgehead atoms. The number of carbonyl (C=O) groups is 1. The van der Waals surface area contributed by atoms with E-state index in [0.717, 1.165) is 30.0 Å². The van der Waals surface area contributed by atoms with Gasteiger partial charge in [-0.2, -0.15) is 13.2 Å². The van der Waals surface area contributed by atoms with Crippen molar-refractivity contribution in [2.45, 2.75) is 56.0 Å². The fraction of sp³-hybridized carbons (Fsp3) is 0.367. The molecule has 40 heavy (non-hydrogen) atoms. The number of amides is 1. The van der Waals surface area contributed by atoms with Crippen LogP contribution in [0, 0.1) is 0 Å². The first kappa shape index (κ1) is 29.6. The van der Waals surface area contributed by atoms with E-state index in [2.05, 4.69) is 4.72 Å². The summed E-state index contributed by atoms with van der Waals surface area (Å²) in [5.74, 6) is 0.0318. The molecule has 10 heteroatoms. The van der Waals surface area contributed by atoms with E-state index in [0.29, 0.717) is 24.2 Å². The highest BCUT2D eigenvalue weighted by Crippen LogP contribution is 2.47. The minimum absolute atomic E-state index is 0.0588. The van der Waals surface area contributed by atoms with Gasteiger partial charge in [-0.05, 0) is 78.5 Å². The molecule has 1 N–H and O–H groups in total. The van der Waals surface area contributed by atoms with Gasteiger partial charge in [0.2, 0.25) is 15.9 Å². The summed E-state index contributed by atoms with van der Waals surface area (Å²) in [4.78, 5) is 15.3. The largest absolute Gasteiger partial charge is 0.497 e. The number of fused-ring (bicyclic) bond motifs is 1. The molecule has 0 saturated heterocycles. The van der Waals surface area contributed by atoms with Crippen LogP contribution in [0.1, 0.15) is 49.8 Å². The normalized spacial score (nSPS) is 17.1. The molecular formula is C30H33F3N2O4S. The predicted octanol–water partition coefficient (Wildman–Crippen LogP) is 6.33. The highest BCUT2D eigenvalue weighted by atomic mass is 32.2. The van der Waals surface area contributed by atoms with Gasteiger partial charge >= 0.3 is 6.18 Å². The van der Waals surface area contributed by atoms with Gasteiger partial charge in [-0.15, -0.1) is 0 Å². The van der Waals surface area contributed by atoms with Gasteiger partial charge in [-0.3, -0.25) is 4.79 Å². The second-order valence-electron chi connectivity index (χ2n) is 10.3. The summed E-state index contributed by atoms with van der Waals surface area (Å²) in [5.41, 5.74) is 1.69. The molecule has 0 aromatic heterocycles. The topological polar surface area (TPSA) is 75.7 Å². The Labute approximate surface area is 233 Å². The molecule has 4 rings (SSSR count). The number of hydrogen-bond donors (Lipinski definition) is 1. The summed E-state index contributed by atoms with van der Waals surface area (Å²) >= 11 is 0. The number of aryl methyl sites for hydroxylation is 1. The highest BCUT2D eigenvalue weighted by Gasteiger charge is 2.41. The molecule has 3 aromatic carbocycles. The third kappa shape index (κ3) is 5.88. The van der Waals surface area contributed by atoms with Crippen molar-refractivity contribution in [1.82, 2.24) is 4.72 Å². The van der Waals surface area contributed by atoms with Crippen molar-refractivity contribution in [2.24, 2.45) is 0 Å². The maximum absolute atomic E-state index is 13.9. The lowest BCUT2D eigenvalue weighted by Gasteiger charge is -2.25. The van der Waals surface area contributed by atoms with Gasteiger partial charge in [0.25, 0.3) is 0 Å². The molecule has 1 amide bonds. The fourth-order valence-corrected chi connectivity index (χ4v) is 6.14. The first-order valence-electron chi connectivity index (χ1n) is 13.1. The number of methoxy groups -OCH3 is 1. The molecule has 1 aliphatic heterocycles. The molecule has 0 aliphatic carbocycles. The van der Waals surface area contributed by atoms with Gasteiger partial charge in [0.15, 0.2) is 0 Å². The van der Waals surface area contributed by atoms with Gasteiger partial charge in [0.1, 0.15) is 5.75 Å². The molecule has 0 saturated carbocycles. The number of nitrogens with zero attached hydrogens (tertiary/aromatic N) is 1. The average molecular weight is 575 g/mol. The molecule has 3 aromatic rings. The third-order valence-corrected chi connectivity index (χ3v) is 8.95. The maximum Gasteiger partial charge on any atom is 0.417 e. The van der Waals surface area contributed by atoms with E-state index in [1.54, 1.807) is 35.2 Å². The van der Waals surface area contributed by atoms with Gasteiger partial charge in [-0.25, -0.2) is 13.1 Å². The van der Waals surface area contributed by atoms with Crippen LogP contribution in [0.15, 0.2) is 65.6 Å². The number of rotatable bonds is 9. The number of halogens is 3. The minimum atomic E-state index is -4.56. The number of anilines is 1. The zero-order valence-electron chi connectivity index (χ0n) is 22.9. The van der Waals surface area contributed by atoms with E-state index >= 15 is 0 Å². The van der Waals surface area contributed by atoms with E-state index in [4.69, 9.17) is 4.74 Å². The molecule has 6 nitrogen and oxygen atoms in total. The van der Waals surface area contributed by atoms with Crippen LogP contribution < -0.4 is 14.4 Å². The van der Waals surface area contributed by atoms with Gasteiger partial charge in [0, 0.05) is 24.1 Å². The van der Waals surface area contributed by atoms with Crippen LogP contribution >= 0.6 is 0 Å². The standard InChI is InChI=1S/C30H33F3N2O4S/c1-5-16-29(2)19-35(28(36)15-8-20-6-11-23(12-7-20)40(37,38)34-3)27-14-9-21(17-26(27)29)24-13-10-22(39-4)18-25(24)30(31,32)33/h6-7,9-14,17-18,34H,5,8,15-16,19H2,1-4H3. The summed E-state index contributed by atoms with van der Waals surface area (Å²) < 4.78 is 73.1. The number of carbonyl (C=O) groups excluding carboxylic acids is 1. The first-order valence-corrected chi connectivity index (χ1v) is 14.5. The van der Waals surface area contributed by atoms with E-state index < -0.39 is 27.2 Å². The van der Waals surface area contributed by atoms with E-state index in [9.17, 15) is 26.4 Å². The van der Waals surface area contributed by atoms with E-state index in [1.165, 1.54) is 38.4 Å². The summed E-state index contributed by atoms with van der Waals surface area (Å²) in [7, 11) is -0.870. The second kappa shape index (κ2) is 11.2. The van der Waals surface area contributed by atoms with Gasteiger partial charge in [-0.1, -0.05) is 44.5 Å². The Balaban J connectivity index is 1.63. The van der Waals surface area contributed by atoms with Crippen LogP contribution in [0.5, 0.6) is 5.75 Å². The quantitative estimate of drug-likeness (QED) is 0.324. The number of hydrogen-bond acceptors (Lipinski definition) is 4. The summed E-state index contributed by atoms with van der Waals surface area (Å²) in [5, 5.41) is 0. The number of benzene rings is 3. The van der Waals surface area contributed by atoms with Crippen molar-refractivity contribution in [1.29, 1.82) is 0 Å². The Hall–Kier alpha value is -3.37. The smallest absolute Gasteiger partial charge is 0.417 e. The second-order valence-corrected chi connectivity index (χ2v) is 12.2. The minimum Gasteiger partial charge on any atom is -0.497 e. The number of sulfonamides is 1. The molecular weight excluding hydrogens is 541 g/mol. The Morgan fingerprint density at radius 2 is 1.77 bits per heavy atom. The lowest BCUT2D eigenvalue weighted by molar-refractivity contribution is -0.137. The van der Waals surface area contributed by atoms with Crippen LogP contribution in [0.25, 0.3) is 11.1 Å². The SMILES string of the molecule is CCCC1(C)CN(C(=O)CCc2ccc(S(=O)(=O)NC)cc2)c2ccc(-c3ccc(OC)cc3C(F)(F)F)cc21. The third-order valence-electron chi connectivity index (χ3n) is 7.52. The van der Waals surface area contributed by atoms with Crippen LogP contribution in [-0.4, -0.2) is 35.0 Å². The lowest BCUT2D eigenvalue weighted by Crippen LogP contribution is -2.35. The number of ether oxygens (including phenoxy) is 1. The molecule has 1 aliphatic rings. The van der Waals surface area contributed by atoms with Crippen LogP contribution in [-0.2, 0) is 32.8 Å². The summed E-state index contributed by atoms with van der Waals surface area (Å²) in [6, 6.07) is 15.5. The van der Waals surface area contributed by atoms with Crippen molar-refractivity contribution in [3.05, 3.63) is 77.4 Å². The number of alkyl halides is 3. The highest BCUT2D eigenvalue weighted by molar-refractivity contribution is 7.89. The average Bonchev–Trinajstić information content (AvgIpc) is 3.23. The molecule has 0 fully saturated rings. The molecule has 214 valence electrons. The van der Waals surface area contributed by atoms with Crippen molar-refractivity contribution in [3.63, 3.8) is 0 Å². The van der Waals surface area contributed by atoms with E-state index in [-0.39, 0.29) is 28.5 Å². The Kier molecular flexibility index (Phi) is 8.33. The first-order chi connectivity index (χ1) is 18.8. The van der Waals surface area contributed by atoms with Crippen molar-refractivity contribution in [2.75, 3.05) is 25.6 Å². The Bertz CT molecular complexity index is 1500. The lowest BCUT2D eigenvalue weighted by atomic mass is 9.79. The van der Waals surface area contributed by atoms with E-state index in [1.807, 2.05) is 13.8 Å². The zero-order valence-corrected chi connectivity index (χ0v) is 23.7. The fourth-order valence-electron chi connectivity index (χ4n) is 5.41. The van der Waals surface area contributed by atoms with Crippen molar-refractivity contribution in [3.8, 4) is 16.9 Å². The Morgan fingerprint density at radius 1 is 1.07 bits per heavy atom. The van der Waals surface area contributed by atoms with Crippen LogP contribution in [0.3, 0.4) is 0 Å². The van der Waals surface area contributed by atoms with Gasteiger partial charge in [0.05, 0.1) is 17.6 Å². The molecule has 1 atom stereocenters. The predicted molar refractivity (Wildman–Crippen MR) is 149 cm³/mol. The molecule has 0 spiro atoms. The zero-order chi connectivity index (χ0) is 29.3. The maximum atomic E-state index is 13.9. The molecule has 0 radical (unpaired) electrons.